The predicted octanol–water partition coefficient (Wildman–Crippen LogP) is 4.49. The molecule has 0 saturated heterocycles. The average Bonchev–Trinajstić information content (AvgIpc) is 3.14. The fraction of sp³-hybridized carbons (Fsp3) is 0.118. The second-order valence-corrected chi connectivity index (χ2v) is 5.38. The number of carbonyl (C=O) groups excluding carboxylic acids is 1. The number of thiophene rings is 1. The van der Waals surface area contributed by atoms with Crippen molar-refractivity contribution in [3.05, 3.63) is 64.6 Å². The number of para-hydroxylation sites is 1. The van der Waals surface area contributed by atoms with Crippen LogP contribution in [-0.4, -0.2) is 12.6 Å². The van der Waals surface area contributed by atoms with Crippen LogP contribution in [0.3, 0.4) is 0 Å². The third-order valence-electron chi connectivity index (χ3n) is 3.03. The Kier molecular flexibility index (Phi) is 3.88. The zero-order valence-electron chi connectivity index (χ0n) is 11.5. The normalized spacial score (nSPS) is 11.8. The number of hydrogen-bond donors (Lipinski definition) is 0. The van der Waals surface area contributed by atoms with Crippen molar-refractivity contribution in [1.29, 1.82) is 0 Å². The summed E-state index contributed by atoms with van der Waals surface area (Å²) >= 11 is 1.56. The molecule has 0 atom stereocenters. The van der Waals surface area contributed by atoms with Crippen LogP contribution in [0.2, 0.25) is 0 Å². The van der Waals surface area contributed by atoms with Gasteiger partial charge in [-0.3, -0.25) is 0 Å². The Morgan fingerprint density at radius 2 is 2.14 bits per heavy atom. The molecule has 2 aromatic heterocycles. The third kappa shape index (κ3) is 2.90. The maximum atomic E-state index is 11.8. The van der Waals surface area contributed by atoms with E-state index >= 15 is 0 Å². The van der Waals surface area contributed by atoms with E-state index in [9.17, 15) is 4.79 Å². The lowest BCUT2D eigenvalue weighted by Crippen LogP contribution is -2.00. The third-order valence-corrected chi connectivity index (χ3v) is 3.93. The number of furan rings is 1. The van der Waals surface area contributed by atoms with Crippen molar-refractivity contribution < 1.29 is 13.9 Å². The molecule has 3 nitrogen and oxygen atoms in total. The van der Waals surface area contributed by atoms with Gasteiger partial charge in [0.15, 0.2) is 0 Å². The topological polar surface area (TPSA) is 39.4 Å². The Morgan fingerprint density at radius 1 is 1.29 bits per heavy atom. The lowest BCUT2D eigenvalue weighted by molar-refractivity contribution is -0.137. The number of fused-ring (bicyclic) bond motifs is 1. The Bertz CT molecular complexity index is 748. The first kappa shape index (κ1) is 13.6. The number of carbonyl (C=O) groups is 1. The van der Waals surface area contributed by atoms with E-state index in [0.29, 0.717) is 12.4 Å². The largest absolute Gasteiger partial charge is 0.463 e. The predicted molar refractivity (Wildman–Crippen MR) is 84.2 cm³/mol. The Morgan fingerprint density at radius 3 is 2.86 bits per heavy atom. The summed E-state index contributed by atoms with van der Waals surface area (Å²) in [7, 11) is 0. The number of benzene rings is 1. The quantitative estimate of drug-likeness (QED) is 0.526. The van der Waals surface area contributed by atoms with Gasteiger partial charge in [-0.05, 0) is 30.5 Å². The lowest BCUT2D eigenvalue weighted by Gasteiger charge is -2.02. The van der Waals surface area contributed by atoms with Gasteiger partial charge in [-0.2, -0.15) is 0 Å². The van der Waals surface area contributed by atoms with E-state index in [-0.39, 0.29) is 5.97 Å². The summed E-state index contributed by atoms with van der Waals surface area (Å²) in [6.07, 6.45) is 1.49. The van der Waals surface area contributed by atoms with Crippen LogP contribution in [0.1, 0.15) is 17.6 Å². The SMILES string of the molecule is CCOC(=O)/C=C(\c1cc2ccccc2o1)c1cccs1. The van der Waals surface area contributed by atoms with Gasteiger partial charge in [-0.25, -0.2) is 4.79 Å². The zero-order valence-corrected chi connectivity index (χ0v) is 12.4. The number of ether oxygens (including phenoxy) is 1. The van der Waals surface area contributed by atoms with Gasteiger partial charge >= 0.3 is 5.97 Å². The molecule has 0 N–H and O–H groups in total. The molecule has 0 aliphatic heterocycles. The van der Waals surface area contributed by atoms with Crippen molar-refractivity contribution in [1.82, 2.24) is 0 Å². The molecule has 21 heavy (non-hydrogen) atoms. The summed E-state index contributed by atoms with van der Waals surface area (Å²) in [5.41, 5.74) is 1.55. The Balaban J connectivity index is 2.08. The monoisotopic (exact) mass is 298 g/mol. The van der Waals surface area contributed by atoms with E-state index in [1.54, 1.807) is 18.3 Å². The summed E-state index contributed by atoms with van der Waals surface area (Å²) in [6, 6.07) is 13.6. The summed E-state index contributed by atoms with van der Waals surface area (Å²) in [6.45, 7) is 2.14. The van der Waals surface area contributed by atoms with E-state index in [4.69, 9.17) is 9.15 Å². The molecular formula is C17H14O3S. The van der Waals surface area contributed by atoms with Gasteiger partial charge in [0.05, 0.1) is 6.61 Å². The van der Waals surface area contributed by atoms with Crippen LogP contribution in [0.5, 0.6) is 0 Å². The maximum absolute atomic E-state index is 11.8. The summed E-state index contributed by atoms with van der Waals surface area (Å²) in [4.78, 5) is 12.8. The van der Waals surface area contributed by atoms with Crippen molar-refractivity contribution in [3.8, 4) is 0 Å². The maximum Gasteiger partial charge on any atom is 0.331 e. The molecule has 2 heterocycles. The molecule has 0 radical (unpaired) electrons. The molecule has 1 aromatic carbocycles. The molecule has 0 aliphatic carbocycles. The minimum Gasteiger partial charge on any atom is -0.463 e. The van der Waals surface area contributed by atoms with Crippen molar-refractivity contribution in [2.45, 2.75) is 6.92 Å². The van der Waals surface area contributed by atoms with E-state index in [2.05, 4.69) is 0 Å². The molecule has 0 unspecified atom stereocenters. The van der Waals surface area contributed by atoms with Crippen LogP contribution in [0.15, 0.2) is 58.3 Å². The van der Waals surface area contributed by atoms with Gasteiger partial charge in [-0.1, -0.05) is 24.3 Å². The first-order chi connectivity index (χ1) is 10.3. The molecule has 0 bridgehead atoms. The van der Waals surface area contributed by atoms with E-state index in [0.717, 1.165) is 21.4 Å². The van der Waals surface area contributed by atoms with Crippen LogP contribution < -0.4 is 0 Å². The first-order valence-corrected chi connectivity index (χ1v) is 7.57. The lowest BCUT2D eigenvalue weighted by atomic mass is 10.1. The van der Waals surface area contributed by atoms with Gasteiger partial charge in [0.25, 0.3) is 0 Å². The van der Waals surface area contributed by atoms with Gasteiger partial charge in [-0.15, -0.1) is 11.3 Å². The summed E-state index contributed by atoms with van der Waals surface area (Å²) in [5.74, 6) is 0.313. The standard InChI is InChI=1S/C17H14O3S/c1-2-19-17(18)11-13(16-8-5-9-21-16)15-10-12-6-3-4-7-14(12)20-15/h3-11H,2H2,1H3/b13-11+. The molecule has 0 saturated carbocycles. The summed E-state index contributed by atoms with van der Waals surface area (Å²) in [5, 5.41) is 2.98. The Hall–Kier alpha value is -2.33. The van der Waals surface area contributed by atoms with Gasteiger partial charge in [0.1, 0.15) is 11.3 Å². The van der Waals surface area contributed by atoms with Crippen molar-refractivity contribution in [3.63, 3.8) is 0 Å². The fourth-order valence-corrected chi connectivity index (χ4v) is 2.86. The highest BCUT2D eigenvalue weighted by Crippen LogP contribution is 2.31. The number of esters is 1. The summed E-state index contributed by atoms with van der Waals surface area (Å²) < 4.78 is 10.9. The van der Waals surface area contributed by atoms with E-state index in [1.807, 2.05) is 47.8 Å². The molecule has 0 fully saturated rings. The number of rotatable bonds is 4. The molecular weight excluding hydrogens is 284 g/mol. The van der Waals surface area contributed by atoms with Crippen LogP contribution >= 0.6 is 11.3 Å². The molecule has 0 spiro atoms. The fourth-order valence-electron chi connectivity index (χ4n) is 2.11. The van der Waals surface area contributed by atoms with E-state index in [1.165, 1.54) is 6.08 Å². The molecule has 3 aromatic rings. The first-order valence-electron chi connectivity index (χ1n) is 6.69. The molecule has 106 valence electrons. The molecule has 3 rings (SSSR count). The highest BCUT2D eigenvalue weighted by Gasteiger charge is 2.14. The van der Waals surface area contributed by atoms with Gasteiger partial charge < -0.3 is 9.15 Å². The van der Waals surface area contributed by atoms with Crippen LogP contribution in [-0.2, 0) is 9.53 Å². The highest BCUT2D eigenvalue weighted by atomic mass is 32.1. The molecule has 4 heteroatoms. The van der Waals surface area contributed by atoms with Crippen molar-refractivity contribution in [2.75, 3.05) is 6.61 Å². The van der Waals surface area contributed by atoms with Crippen molar-refractivity contribution in [2.24, 2.45) is 0 Å². The number of hydrogen-bond acceptors (Lipinski definition) is 4. The minimum atomic E-state index is -0.360. The zero-order chi connectivity index (χ0) is 14.7. The molecule has 0 aliphatic rings. The Labute approximate surface area is 126 Å². The molecule has 0 amide bonds. The van der Waals surface area contributed by atoms with Crippen LogP contribution in [0.25, 0.3) is 16.5 Å². The minimum absolute atomic E-state index is 0.354. The highest BCUT2D eigenvalue weighted by molar-refractivity contribution is 7.11. The smallest absolute Gasteiger partial charge is 0.331 e. The van der Waals surface area contributed by atoms with Gasteiger partial charge in [0, 0.05) is 21.9 Å². The second kappa shape index (κ2) is 5.97. The van der Waals surface area contributed by atoms with Crippen LogP contribution in [0, 0.1) is 0 Å². The van der Waals surface area contributed by atoms with E-state index < -0.39 is 0 Å². The van der Waals surface area contributed by atoms with Gasteiger partial charge in [0.2, 0.25) is 0 Å². The van der Waals surface area contributed by atoms with Crippen LogP contribution in [0.4, 0.5) is 0 Å². The van der Waals surface area contributed by atoms with Crippen molar-refractivity contribution >= 4 is 33.8 Å². The average molecular weight is 298 g/mol. The second-order valence-electron chi connectivity index (χ2n) is 4.44.